The zero-order valence-electron chi connectivity index (χ0n) is 19.2. The maximum atomic E-state index is 15.2. The number of nitrogens with zero attached hydrogens (tertiary/aromatic N) is 4. The molecule has 1 fully saturated rings. The second kappa shape index (κ2) is 10.1. The number of halogens is 2. The number of carbonyl (C=O) groups excluding carboxylic acids is 2. The van der Waals surface area contributed by atoms with Crippen LogP contribution >= 0.6 is 0 Å². The normalized spacial score (nSPS) is 15.6. The van der Waals surface area contributed by atoms with E-state index in [2.05, 4.69) is 10.3 Å². The van der Waals surface area contributed by atoms with Gasteiger partial charge in [0.05, 0.1) is 49.4 Å². The van der Waals surface area contributed by atoms with Gasteiger partial charge in [-0.25, -0.2) is 18.6 Å². The van der Waals surface area contributed by atoms with Gasteiger partial charge in [0.2, 0.25) is 5.91 Å². The number of pyridine rings is 1. The lowest BCUT2D eigenvalue weighted by molar-refractivity contribution is -0.115. The number of morpholine rings is 1. The zero-order valence-corrected chi connectivity index (χ0v) is 19.2. The third-order valence-electron chi connectivity index (χ3n) is 5.68. The van der Waals surface area contributed by atoms with Gasteiger partial charge in [-0.05, 0) is 36.8 Å². The highest BCUT2D eigenvalue weighted by Crippen LogP contribution is 2.33. The third-order valence-corrected chi connectivity index (χ3v) is 5.68. The SMILES string of the molecule is COC(=O)N1CCO[C@@H](Cc2c(-c3c(F)cc(NC(=O)CC#N)cc3F)nc3cc(C)ccn23)C1. The Morgan fingerprint density at radius 3 is 2.74 bits per heavy atom. The second-order valence-electron chi connectivity index (χ2n) is 8.15. The Balaban J connectivity index is 1.74. The monoisotopic (exact) mass is 483 g/mol. The lowest BCUT2D eigenvalue weighted by atomic mass is 10.0. The summed E-state index contributed by atoms with van der Waals surface area (Å²) in [6, 6.07) is 7.30. The molecule has 1 aromatic carbocycles. The van der Waals surface area contributed by atoms with Gasteiger partial charge >= 0.3 is 6.09 Å². The molecule has 35 heavy (non-hydrogen) atoms. The van der Waals surface area contributed by atoms with E-state index >= 15 is 8.78 Å². The molecule has 0 unspecified atom stereocenters. The number of rotatable bonds is 5. The van der Waals surface area contributed by atoms with Gasteiger partial charge in [0, 0.05) is 24.8 Å². The number of nitriles is 1. The summed E-state index contributed by atoms with van der Waals surface area (Å²) in [5, 5.41) is 10.9. The number of nitrogens with one attached hydrogen (secondary N) is 1. The number of amides is 2. The topological polar surface area (TPSA) is 109 Å². The minimum absolute atomic E-state index is 0.0966. The number of imidazole rings is 1. The lowest BCUT2D eigenvalue weighted by Gasteiger charge is -2.32. The molecule has 11 heteroatoms. The molecule has 0 spiro atoms. The van der Waals surface area contributed by atoms with E-state index < -0.39 is 36.2 Å². The molecule has 1 aliphatic heterocycles. The number of benzene rings is 1. The van der Waals surface area contributed by atoms with Gasteiger partial charge in [0.25, 0.3) is 0 Å². The molecule has 1 N–H and O–H groups in total. The minimum Gasteiger partial charge on any atom is -0.453 e. The Kier molecular flexibility index (Phi) is 6.93. The quantitative estimate of drug-likeness (QED) is 0.596. The van der Waals surface area contributed by atoms with Gasteiger partial charge in [0.1, 0.15) is 23.7 Å². The first kappa shape index (κ1) is 24.1. The number of aryl methyl sites for hydroxylation is 1. The number of methoxy groups -OCH3 is 1. The number of ether oxygens (including phenoxy) is 2. The lowest BCUT2D eigenvalue weighted by Crippen LogP contribution is -2.46. The Bertz CT molecular complexity index is 1310. The van der Waals surface area contributed by atoms with Crippen LogP contribution in [-0.2, 0) is 20.7 Å². The highest BCUT2D eigenvalue weighted by Gasteiger charge is 2.29. The van der Waals surface area contributed by atoms with Crippen molar-refractivity contribution < 1.29 is 27.8 Å². The Labute approximate surface area is 199 Å². The van der Waals surface area contributed by atoms with Crippen molar-refractivity contribution in [2.75, 3.05) is 32.1 Å². The highest BCUT2D eigenvalue weighted by atomic mass is 19.1. The van der Waals surface area contributed by atoms with Crippen molar-refractivity contribution in [1.82, 2.24) is 14.3 Å². The molecule has 182 valence electrons. The van der Waals surface area contributed by atoms with Crippen LogP contribution in [0.2, 0.25) is 0 Å². The highest BCUT2D eigenvalue weighted by molar-refractivity contribution is 5.92. The van der Waals surface area contributed by atoms with Gasteiger partial charge in [-0.15, -0.1) is 0 Å². The second-order valence-corrected chi connectivity index (χ2v) is 8.15. The average molecular weight is 483 g/mol. The number of fused-ring (bicyclic) bond motifs is 1. The molecule has 1 aliphatic rings. The van der Waals surface area contributed by atoms with Gasteiger partial charge in [-0.1, -0.05) is 0 Å². The van der Waals surface area contributed by atoms with Gasteiger partial charge < -0.3 is 24.1 Å². The van der Waals surface area contributed by atoms with E-state index in [1.165, 1.54) is 12.0 Å². The van der Waals surface area contributed by atoms with Crippen LogP contribution in [0.1, 0.15) is 17.7 Å². The molecule has 4 rings (SSSR count). The Morgan fingerprint density at radius 1 is 1.31 bits per heavy atom. The van der Waals surface area contributed by atoms with Crippen LogP contribution < -0.4 is 5.32 Å². The van der Waals surface area contributed by atoms with Crippen LogP contribution in [0.5, 0.6) is 0 Å². The summed E-state index contributed by atoms with van der Waals surface area (Å²) in [7, 11) is 1.30. The molecular weight excluding hydrogens is 460 g/mol. The predicted octanol–water partition coefficient (Wildman–Crippen LogP) is 3.45. The van der Waals surface area contributed by atoms with Crippen LogP contribution in [-0.4, -0.2) is 59.2 Å². The molecule has 2 amide bonds. The summed E-state index contributed by atoms with van der Waals surface area (Å²) in [4.78, 5) is 29.7. The molecule has 0 saturated carbocycles. The van der Waals surface area contributed by atoms with E-state index in [0.717, 1.165) is 17.7 Å². The molecular formula is C24H23F2N5O4. The van der Waals surface area contributed by atoms with Crippen molar-refractivity contribution in [2.24, 2.45) is 0 Å². The van der Waals surface area contributed by atoms with Crippen molar-refractivity contribution in [3.05, 3.63) is 53.4 Å². The summed E-state index contributed by atoms with van der Waals surface area (Å²) < 4.78 is 42.8. The van der Waals surface area contributed by atoms with E-state index in [1.807, 2.05) is 13.0 Å². The summed E-state index contributed by atoms with van der Waals surface area (Å²) in [6.07, 6.45) is 0.637. The largest absolute Gasteiger partial charge is 0.453 e. The van der Waals surface area contributed by atoms with Crippen molar-refractivity contribution >= 4 is 23.3 Å². The fourth-order valence-electron chi connectivity index (χ4n) is 4.09. The number of aromatic nitrogens is 2. The van der Waals surface area contributed by atoms with Crippen molar-refractivity contribution in [1.29, 1.82) is 5.26 Å². The van der Waals surface area contributed by atoms with Crippen LogP contribution in [0.4, 0.5) is 19.3 Å². The van der Waals surface area contributed by atoms with Crippen molar-refractivity contribution in [3.63, 3.8) is 0 Å². The van der Waals surface area contributed by atoms with Crippen LogP contribution in [0.25, 0.3) is 16.9 Å². The molecule has 3 aromatic rings. The molecule has 1 atom stereocenters. The predicted molar refractivity (Wildman–Crippen MR) is 122 cm³/mol. The number of carbonyl (C=O) groups is 2. The maximum absolute atomic E-state index is 15.2. The molecule has 0 bridgehead atoms. The van der Waals surface area contributed by atoms with Crippen molar-refractivity contribution in [3.8, 4) is 17.3 Å². The van der Waals surface area contributed by atoms with Gasteiger partial charge in [0.15, 0.2) is 0 Å². The molecule has 0 aliphatic carbocycles. The van der Waals surface area contributed by atoms with Crippen LogP contribution in [0.15, 0.2) is 30.5 Å². The summed E-state index contributed by atoms with van der Waals surface area (Å²) in [6.45, 7) is 2.81. The van der Waals surface area contributed by atoms with Gasteiger partial charge in [-0.3, -0.25) is 4.79 Å². The molecule has 3 heterocycles. The molecule has 9 nitrogen and oxygen atoms in total. The summed E-state index contributed by atoms with van der Waals surface area (Å²) in [5.41, 5.74) is 1.58. The molecule has 1 saturated heterocycles. The summed E-state index contributed by atoms with van der Waals surface area (Å²) in [5.74, 6) is -2.51. The van der Waals surface area contributed by atoms with Gasteiger partial charge in [-0.2, -0.15) is 5.26 Å². The molecule has 0 radical (unpaired) electrons. The third kappa shape index (κ3) is 5.07. The standard InChI is InChI=1S/C24H23F2N5O4/c1-14-4-6-31-19(12-16-13-30(7-8-35-16)24(33)34-2)23(29-20(31)9-14)22-17(25)10-15(11-18(22)26)28-21(32)3-5-27/h4,6,9-11,16H,3,7-8,12-13H2,1-2H3,(H,28,32)/t16-/m0/s1. The smallest absolute Gasteiger partial charge is 0.409 e. The number of hydrogen-bond acceptors (Lipinski definition) is 6. The maximum Gasteiger partial charge on any atom is 0.409 e. The fourth-order valence-corrected chi connectivity index (χ4v) is 4.09. The number of anilines is 1. The first-order valence-corrected chi connectivity index (χ1v) is 10.9. The van der Waals surface area contributed by atoms with E-state index in [1.54, 1.807) is 22.7 Å². The zero-order chi connectivity index (χ0) is 25.1. The average Bonchev–Trinajstić information content (AvgIpc) is 3.15. The van der Waals surface area contributed by atoms with Crippen molar-refractivity contribution in [2.45, 2.75) is 25.9 Å². The summed E-state index contributed by atoms with van der Waals surface area (Å²) >= 11 is 0. The Hall–Kier alpha value is -4.04. The van der Waals surface area contributed by atoms with E-state index in [-0.39, 0.29) is 29.9 Å². The van der Waals surface area contributed by atoms with Crippen LogP contribution in [0.3, 0.4) is 0 Å². The molecule has 2 aromatic heterocycles. The van der Waals surface area contributed by atoms with E-state index in [4.69, 9.17) is 14.7 Å². The fraction of sp³-hybridized carbons (Fsp3) is 0.333. The van der Waals surface area contributed by atoms with E-state index in [0.29, 0.717) is 24.5 Å². The first-order valence-electron chi connectivity index (χ1n) is 10.9. The van der Waals surface area contributed by atoms with Crippen LogP contribution in [0, 0.1) is 29.9 Å². The first-order chi connectivity index (χ1) is 16.8. The Morgan fingerprint density at radius 2 is 2.06 bits per heavy atom. The van der Waals surface area contributed by atoms with E-state index in [9.17, 15) is 9.59 Å². The minimum atomic E-state index is -0.917. The number of hydrogen-bond donors (Lipinski definition) is 1.